The summed E-state index contributed by atoms with van der Waals surface area (Å²) in [5.74, 6) is -1.01. The molecule has 0 spiro atoms. The molecule has 4 rings (SSSR count). The van der Waals surface area contributed by atoms with Gasteiger partial charge in [-0.05, 0) is 60.7 Å². The van der Waals surface area contributed by atoms with E-state index in [1.54, 1.807) is 36.4 Å². The molecular formula is C24H16F2N2O2S. The zero-order valence-electron chi connectivity index (χ0n) is 16.2. The van der Waals surface area contributed by atoms with Crippen molar-refractivity contribution in [3.8, 4) is 16.9 Å². The average Bonchev–Trinajstić information content (AvgIpc) is 2.78. The Bertz CT molecular complexity index is 1270. The van der Waals surface area contributed by atoms with Gasteiger partial charge < -0.3 is 0 Å². The van der Waals surface area contributed by atoms with E-state index in [2.05, 4.69) is 4.98 Å². The zero-order chi connectivity index (χ0) is 21.8. The second kappa shape index (κ2) is 9.06. The van der Waals surface area contributed by atoms with Gasteiger partial charge >= 0.3 is 0 Å². The highest BCUT2D eigenvalue weighted by Crippen LogP contribution is 2.24. The molecule has 0 saturated carbocycles. The van der Waals surface area contributed by atoms with E-state index < -0.39 is 5.82 Å². The van der Waals surface area contributed by atoms with E-state index in [4.69, 9.17) is 0 Å². The Hall–Kier alpha value is -3.58. The minimum absolute atomic E-state index is 0.0117. The Labute approximate surface area is 181 Å². The Balaban J connectivity index is 1.72. The van der Waals surface area contributed by atoms with E-state index in [0.717, 1.165) is 11.8 Å². The molecule has 0 saturated heterocycles. The maximum atomic E-state index is 13.3. The van der Waals surface area contributed by atoms with Gasteiger partial charge in [-0.15, -0.1) is 0 Å². The van der Waals surface area contributed by atoms with Gasteiger partial charge in [0.1, 0.15) is 11.6 Å². The fourth-order valence-electron chi connectivity index (χ4n) is 2.99. The third-order valence-corrected chi connectivity index (χ3v) is 5.48. The van der Waals surface area contributed by atoms with E-state index in [1.807, 2.05) is 6.07 Å². The van der Waals surface area contributed by atoms with Gasteiger partial charge in [0, 0.05) is 17.2 Å². The fourth-order valence-corrected chi connectivity index (χ4v) is 3.90. The summed E-state index contributed by atoms with van der Waals surface area (Å²) < 4.78 is 27.8. The predicted octanol–water partition coefficient (Wildman–Crippen LogP) is 5.15. The van der Waals surface area contributed by atoms with E-state index in [1.165, 1.54) is 47.0 Å². The van der Waals surface area contributed by atoms with E-state index in [9.17, 15) is 18.4 Å². The van der Waals surface area contributed by atoms with Crippen LogP contribution in [0.2, 0.25) is 0 Å². The number of Topliss-reactive ketones (excluding diaryl/α,β-unsaturated/α-hetero) is 1. The number of para-hydroxylation sites is 1. The van der Waals surface area contributed by atoms with Crippen molar-refractivity contribution in [3.63, 3.8) is 0 Å². The van der Waals surface area contributed by atoms with Crippen molar-refractivity contribution in [3.05, 3.63) is 112 Å². The summed E-state index contributed by atoms with van der Waals surface area (Å²) >= 11 is 1.11. The normalized spacial score (nSPS) is 10.8. The van der Waals surface area contributed by atoms with Gasteiger partial charge in [-0.25, -0.2) is 13.8 Å². The van der Waals surface area contributed by atoms with Gasteiger partial charge in [-0.2, -0.15) is 0 Å². The molecule has 0 amide bonds. The molecule has 3 aromatic carbocycles. The lowest BCUT2D eigenvalue weighted by Crippen LogP contribution is -2.21. The molecule has 0 radical (unpaired) electrons. The van der Waals surface area contributed by atoms with Crippen LogP contribution in [0.1, 0.15) is 10.4 Å². The van der Waals surface area contributed by atoms with Crippen molar-refractivity contribution < 1.29 is 13.6 Å². The van der Waals surface area contributed by atoms with Gasteiger partial charge in [-0.3, -0.25) is 14.2 Å². The molecule has 0 bridgehead atoms. The van der Waals surface area contributed by atoms with Crippen molar-refractivity contribution >= 4 is 17.5 Å². The van der Waals surface area contributed by atoms with Crippen molar-refractivity contribution in [2.75, 3.05) is 5.75 Å². The van der Waals surface area contributed by atoms with Crippen LogP contribution in [0.5, 0.6) is 0 Å². The van der Waals surface area contributed by atoms with E-state index >= 15 is 0 Å². The van der Waals surface area contributed by atoms with Crippen LogP contribution in [0.3, 0.4) is 0 Å². The monoisotopic (exact) mass is 434 g/mol. The summed E-state index contributed by atoms with van der Waals surface area (Å²) in [6, 6.07) is 21.3. The van der Waals surface area contributed by atoms with Crippen molar-refractivity contribution in [1.82, 2.24) is 9.55 Å². The maximum Gasteiger partial charge on any atom is 0.259 e. The largest absolute Gasteiger partial charge is 0.293 e. The molecule has 4 aromatic rings. The minimum Gasteiger partial charge on any atom is -0.293 e. The van der Waals surface area contributed by atoms with Crippen LogP contribution in [0.15, 0.2) is 94.9 Å². The van der Waals surface area contributed by atoms with Crippen LogP contribution >= 0.6 is 11.8 Å². The number of rotatable bonds is 6. The third-order valence-electron chi connectivity index (χ3n) is 4.54. The Morgan fingerprint density at radius 2 is 1.48 bits per heavy atom. The number of benzene rings is 3. The zero-order valence-corrected chi connectivity index (χ0v) is 17.0. The van der Waals surface area contributed by atoms with Crippen LogP contribution < -0.4 is 5.56 Å². The molecule has 0 aliphatic heterocycles. The number of carbonyl (C=O) groups is 1. The molecule has 1 heterocycles. The Kier molecular flexibility index (Phi) is 6.04. The SMILES string of the molecule is O=C(CSc1nc(-c2ccc(F)cc2)cc(=O)n1-c1ccccc1)c1ccc(F)cc1. The molecule has 0 N–H and O–H groups in total. The van der Waals surface area contributed by atoms with Crippen LogP contribution in [0, 0.1) is 11.6 Å². The summed E-state index contributed by atoms with van der Waals surface area (Å²) in [4.78, 5) is 30.1. The number of hydrogen-bond acceptors (Lipinski definition) is 4. The number of thioether (sulfide) groups is 1. The second-order valence-corrected chi connectivity index (χ2v) is 7.60. The van der Waals surface area contributed by atoms with Crippen LogP contribution in [0.4, 0.5) is 8.78 Å². The van der Waals surface area contributed by atoms with Gasteiger partial charge in [0.05, 0.1) is 17.1 Å². The first kappa shape index (κ1) is 20.7. The highest BCUT2D eigenvalue weighted by molar-refractivity contribution is 7.99. The number of halogens is 2. The number of aromatic nitrogens is 2. The van der Waals surface area contributed by atoms with Crippen molar-refractivity contribution in [2.45, 2.75) is 5.16 Å². The highest BCUT2D eigenvalue weighted by atomic mass is 32.2. The van der Waals surface area contributed by atoms with Gasteiger partial charge in [0.25, 0.3) is 5.56 Å². The third kappa shape index (κ3) is 4.78. The molecule has 0 unspecified atom stereocenters. The second-order valence-electron chi connectivity index (χ2n) is 6.66. The van der Waals surface area contributed by atoms with E-state index in [-0.39, 0.29) is 22.9 Å². The first-order chi connectivity index (χ1) is 15.0. The lowest BCUT2D eigenvalue weighted by molar-refractivity contribution is 0.102. The van der Waals surface area contributed by atoms with Crippen LogP contribution in [-0.4, -0.2) is 21.1 Å². The first-order valence-corrected chi connectivity index (χ1v) is 10.4. The van der Waals surface area contributed by atoms with Gasteiger partial charge in [0.15, 0.2) is 10.9 Å². The summed E-state index contributed by atoms with van der Waals surface area (Å²) in [7, 11) is 0. The van der Waals surface area contributed by atoms with Crippen LogP contribution in [-0.2, 0) is 0 Å². The lowest BCUT2D eigenvalue weighted by Gasteiger charge is -2.13. The molecule has 7 heteroatoms. The topological polar surface area (TPSA) is 52.0 Å². The molecule has 0 aliphatic rings. The first-order valence-electron chi connectivity index (χ1n) is 9.38. The molecule has 4 nitrogen and oxygen atoms in total. The highest BCUT2D eigenvalue weighted by Gasteiger charge is 2.15. The fraction of sp³-hybridized carbons (Fsp3) is 0.0417. The number of ketones is 1. The van der Waals surface area contributed by atoms with E-state index in [0.29, 0.717) is 27.7 Å². The number of hydrogen-bond donors (Lipinski definition) is 0. The lowest BCUT2D eigenvalue weighted by atomic mass is 10.1. The predicted molar refractivity (Wildman–Crippen MR) is 117 cm³/mol. The molecule has 0 aliphatic carbocycles. The molecule has 1 aromatic heterocycles. The van der Waals surface area contributed by atoms with Crippen LogP contribution in [0.25, 0.3) is 16.9 Å². The number of carbonyl (C=O) groups excluding carboxylic acids is 1. The average molecular weight is 434 g/mol. The molecule has 154 valence electrons. The van der Waals surface area contributed by atoms with Crippen molar-refractivity contribution in [2.24, 2.45) is 0 Å². The molecule has 0 fully saturated rings. The van der Waals surface area contributed by atoms with Gasteiger partial charge in [0.2, 0.25) is 0 Å². The standard InChI is InChI=1S/C24H16F2N2O2S/c25-18-10-6-16(7-11-18)21-14-23(30)28(20-4-2-1-3-5-20)24(27-21)31-15-22(29)17-8-12-19(26)13-9-17/h1-14H,15H2. The van der Waals surface area contributed by atoms with Gasteiger partial charge in [-0.1, -0.05) is 30.0 Å². The smallest absolute Gasteiger partial charge is 0.259 e. The Morgan fingerprint density at radius 3 is 2.13 bits per heavy atom. The molecule has 0 atom stereocenters. The van der Waals surface area contributed by atoms with Crippen molar-refractivity contribution in [1.29, 1.82) is 0 Å². The summed E-state index contributed by atoms with van der Waals surface area (Å²) in [5.41, 5.74) is 1.64. The molecule has 31 heavy (non-hydrogen) atoms. The summed E-state index contributed by atoms with van der Waals surface area (Å²) in [6.07, 6.45) is 0. The summed E-state index contributed by atoms with van der Waals surface area (Å²) in [6.45, 7) is 0. The Morgan fingerprint density at radius 1 is 0.871 bits per heavy atom. The molecular weight excluding hydrogens is 418 g/mol. The number of nitrogens with zero attached hydrogens (tertiary/aromatic N) is 2. The minimum atomic E-state index is -0.421. The summed E-state index contributed by atoms with van der Waals surface area (Å²) in [5, 5.41) is 0.327. The maximum absolute atomic E-state index is 13.3. The quantitative estimate of drug-likeness (QED) is 0.239.